The van der Waals surface area contributed by atoms with Crippen molar-refractivity contribution in [1.29, 1.82) is 0 Å². The van der Waals surface area contributed by atoms with E-state index in [-0.39, 0.29) is 5.56 Å². The molecule has 3 rings (SSSR count). The smallest absolute Gasteiger partial charge is 0.258 e. The first-order valence-electron chi connectivity index (χ1n) is 7.33. The quantitative estimate of drug-likeness (QED) is 0.946. The number of carbonyl (C=O) groups excluding carboxylic acids is 1. The van der Waals surface area contributed by atoms with Gasteiger partial charge in [0.25, 0.3) is 5.91 Å². The summed E-state index contributed by atoms with van der Waals surface area (Å²) in [6, 6.07) is 9.87. The highest BCUT2D eigenvalue weighted by Crippen LogP contribution is 2.28. The zero-order chi connectivity index (χ0) is 16.2. The SMILES string of the molecule is O=C(Nc1cc(F)ccc1N1CCOCC1)c1ccccc1F. The molecule has 0 spiro atoms. The third kappa shape index (κ3) is 3.48. The molecule has 0 saturated carbocycles. The van der Waals surface area contributed by atoms with Crippen LogP contribution in [0.3, 0.4) is 0 Å². The van der Waals surface area contributed by atoms with Crippen molar-refractivity contribution >= 4 is 17.3 Å². The average Bonchev–Trinajstić information content (AvgIpc) is 2.56. The van der Waals surface area contributed by atoms with Gasteiger partial charge in [0.2, 0.25) is 0 Å². The van der Waals surface area contributed by atoms with Gasteiger partial charge in [0.1, 0.15) is 11.6 Å². The predicted octanol–water partition coefficient (Wildman–Crippen LogP) is 3.05. The van der Waals surface area contributed by atoms with Gasteiger partial charge in [0, 0.05) is 13.1 Å². The molecule has 0 bridgehead atoms. The summed E-state index contributed by atoms with van der Waals surface area (Å²) in [4.78, 5) is 14.3. The summed E-state index contributed by atoms with van der Waals surface area (Å²) < 4.78 is 32.6. The Morgan fingerprint density at radius 3 is 2.57 bits per heavy atom. The minimum Gasteiger partial charge on any atom is -0.378 e. The second-order valence-electron chi connectivity index (χ2n) is 5.19. The molecule has 1 fully saturated rings. The van der Waals surface area contributed by atoms with Gasteiger partial charge in [-0.05, 0) is 30.3 Å². The van der Waals surface area contributed by atoms with E-state index >= 15 is 0 Å². The van der Waals surface area contributed by atoms with E-state index in [0.29, 0.717) is 37.7 Å². The van der Waals surface area contributed by atoms with Gasteiger partial charge in [-0.1, -0.05) is 12.1 Å². The highest BCUT2D eigenvalue weighted by atomic mass is 19.1. The van der Waals surface area contributed by atoms with E-state index in [1.807, 2.05) is 4.90 Å². The molecular formula is C17H16F2N2O2. The molecule has 0 radical (unpaired) electrons. The molecule has 23 heavy (non-hydrogen) atoms. The van der Waals surface area contributed by atoms with Gasteiger partial charge >= 0.3 is 0 Å². The fraction of sp³-hybridized carbons (Fsp3) is 0.235. The van der Waals surface area contributed by atoms with E-state index in [1.165, 1.54) is 30.3 Å². The van der Waals surface area contributed by atoms with Crippen molar-refractivity contribution in [3.8, 4) is 0 Å². The number of hydrogen-bond acceptors (Lipinski definition) is 3. The zero-order valence-electron chi connectivity index (χ0n) is 12.4. The number of benzene rings is 2. The van der Waals surface area contributed by atoms with Gasteiger partial charge in [0.05, 0.1) is 30.2 Å². The van der Waals surface area contributed by atoms with Crippen LogP contribution in [0.2, 0.25) is 0 Å². The van der Waals surface area contributed by atoms with Crippen molar-refractivity contribution in [3.05, 3.63) is 59.7 Å². The van der Waals surface area contributed by atoms with E-state index in [4.69, 9.17) is 4.74 Å². The minimum absolute atomic E-state index is 0.0790. The van der Waals surface area contributed by atoms with Crippen LogP contribution < -0.4 is 10.2 Å². The highest BCUT2D eigenvalue weighted by Gasteiger charge is 2.18. The largest absolute Gasteiger partial charge is 0.378 e. The Balaban J connectivity index is 1.88. The normalized spacial score (nSPS) is 14.6. The van der Waals surface area contributed by atoms with Crippen molar-refractivity contribution in [2.24, 2.45) is 0 Å². The Morgan fingerprint density at radius 2 is 1.83 bits per heavy atom. The molecule has 1 N–H and O–H groups in total. The number of morpholine rings is 1. The second-order valence-corrected chi connectivity index (χ2v) is 5.19. The van der Waals surface area contributed by atoms with Crippen LogP contribution in [0, 0.1) is 11.6 Å². The number of rotatable bonds is 3. The molecule has 2 aromatic carbocycles. The number of nitrogens with one attached hydrogen (secondary N) is 1. The summed E-state index contributed by atoms with van der Waals surface area (Å²) >= 11 is 0. The molecule has 1 amide bonds. The Labute approximate surface area is 132 Å². The number of amides is 1. The Bertz CT molecular complexity index is 715. The minimum atomic E-state index is -0.616. The molecule has 0 aromatic heterocycles. The molecule has 1 aliphatic rings. The van der Waals surface area contributed by atoms with Gasteiger partial charge in [-0.15, -0.1) is 0 Å². The molecule has 1 aliphatic heterocycles. The Morgan fingerprint density at radius 1 is 1.09 bits per heavy atom. The summed E-state index contributed by atoms with van der Waals surface area (Å²) in [6.45, 7) is 2.43. The number of anilines is 2. The molecule has 0 aliphatic carbocycles. The zero-order valence-corrected chi connectivity index (χ0v) is 12.4. The predicted molar refractivity (Wildman–Crippen MR) is 83.8 cm³/mol. The van der Waals surface area contributed by atoms with E-state index in [1.54, 1.807) is 12.1 Å². The van der Waals surface area contributed by atoms with Crippen LogP contribution in [0.15, 0.2) is 42.5 Å². The molecule has 0 atom stereocenters. The lowest BCUT2D eigenvalue weighted by atomic mass is 10.1. The number of halogens is 2. The standard InChI is InChI=1S/C17H16F2N2O2/c18-12-5-6-16(21-7-9-23-10-8-21)15(11-12)20-17(22)13-3-1-2-4-14(13)19/h1-6,11H,7-10H2,(H,20,22). The summed E-state index contributed by atoms with van der Waals surface area (Å²) in [7, 11) is 0. The number of nitrogens with zero attached hydrogens (tertiary/aromatic N) is 1. The fourth-order valence-electron chi connectivity index (χ4n) is 2.52. The lowest BCUT2D eigenvalue weighted by molar-refractivity contribution is 0.102. The van der Waals surface area contributed by atoms with Gasteiger partial charge in [-0.2, -0.15) is 0 Å². The van der Waals surface area contributed by atoms with Crippen LogP contribution in [-0.2, 0) is 4.74 Å². The first-order valence-corrected chi connectivity index (χ1v) is 7.33. The van der Waals surface area contributed by atoms with Gasteiger partial charge in [-0.3, -0.25) is 4.79 Å². The van der Waals surface area contributed by atoms with Gasteiger partial charge in [0.15, 0.2) is 0 Å². The third-order valence-electron chi connectivity index (χ3n) is 3.68. The molecule has 6 heteroatoms. The first-order chi connectivity index (χ1) is 11.1. The maximum Gasteiger partial charge on any atom is 0.258 e. The monoisotopic (exact) mass is 318 g/mol. The van der Waals surface area contributed by atoms with Crippen molar-refractivity contribution in [1.82, 2.24) is 0 Å². The molecule has 0 unspecified atom stereocenters. The number of carbonyl (C=O) groups is 1. The van der Waals surface area contributed by atoms with E-state index in [9.17, 15) is 13.6 Å². The summed E-state index contributed by atoms with van der Waals surface area (Å²) in [6.07, 6.45) is 0. The molecule has 4 nitrogen and oxygen atoms in total. The maximum absolute atomic E-state index is 13.7. The summed E-state index contributed by atoms with van der Waals surface area (Å²) in [5.74, 6) is -1.69. The lowest BCUT2D eigenvalue weighted by Crippen LogP contribution is -2.36. The van der Waals surface area contributed by atoms with Gasteiger partial charge in [-0.25, -0.2) is 8.78 Å². The van der Waals surface area contributed by atoms with Crippen molar-refractivity contribution in [2.75, 3.05) is 36.5 Å². The number of hydrogen-bond donors (Lipinski definition) is 1. The fourth-order valence-corrected chi connectivity index (χ4v) is 2.52. The van der Waals surface area contributed by atoms with E-state index in [2.05, 4.69) is 5.32 Å². The third-order valence-corrected chi connectivity index (χ3v) is 3.68. The van der Waals surface area contributed by atoms with E-state index < -0.39 is 17.5 Å². The van der Waals surface area contributed by atoms with Crippen LogP contribution in [0.25, 0.3) is 0 Å². The summed E-state index contributed by atoms with van der Waals surface area (Å²) in [5, 5.41) is 2.60. The van der Waals surface area contributed by atoms with Crippen LogP contribution in [0.1, 0.15) is 10.4 Å². The topological polar surface area (TPSA) is 41.6 Å². The van der Waals surface area contributed by atoms with Crippen molar-refractivity contribution < 1.29 is 18.3 Å². The van der Waals surface area contributed by atoms with E-state index in [0.717, 1.165) is 0 Å². The average molecular weight is 318 g/mol. The molecular weight excluding hydrogens is 302 g/mol. The molecule has 1 heterocycles. The highest BCUT2D eigenvalue weighted by molar-refractivity contribution is 6.06. The van der Waals surface area contributed by atoms with Crippen molar-refractivity contribution in [3.63, 3.8) is 0 Å². The van der Waals surface area contributed by atoms with Crippen LogP contribution >= 0.6 is 0 Å². The maximum atomic E-state index is 13.7. The van der Waals surface area contributed by atoms with Crippen LogP contribution in [0.5, 0.6) is 0 Å². The second kappa shape index (κ2) is 6.75. The van der Waals surface area contributed by atoms with Crippen LogP contribution in [-0.4, -0.2) is 32.2 Å². The number of ether oxygens (including phenoxy) is 1. The summed E-state index contributed by atoms with van der Waals surface area (Å²) in [5.41, 5.74) is 0.934. The van der Waals surface area contributed by atoms with Crippen LogP contribution in [0.4, 0.5) is 20.2 Å². The first kappa shape index (κ1) is 15.4. The molecule has 120 valence electrons. The van der Waals surface area contributed by atoms with Gasteiger partial charge < -0.3 is 15.0 Å². The Hall–Kier alpha value is -2.47. The lowest BCUT2D eigenvalue weighted by Gasteiger charge is -2.30. The van der Waals surface area contributed by atoms with Crippen molar-refractivity contribution in [2.45, 2.75) is 0 Å². The molecule has 2 aromatic rings. The molecule has 1 saturated heterocycles. The Kier molecular flexibility index (Phi) is 4.52.